The molecule has 0 heterocycles. The average Bonchev–Trinajstić information content (AvgIpc) is 2.28. The number of carboxylic acid groups (broad SMARTS) is 1. The van der Waals surface area contributed by atoms with Crippen LogP contribution < -0.4 is 10.5 Å². The number of hydrogen-bond acceptors (Lipinski definition) is 3. The fraction of sp³-hybridized carbons (Fsp3) is 0.462. The van der Waals surface area contributed by atoms with Crippen LogP contribution >= 0.6 is 11.6 Å². The van der Waals surface area contributed by atoms with Gasteiger partial charge in [0.1, 0.15) is 5.75 Å². The number of carbonyl (C=O) groups is 1. The summed E-state index contributed by atoms with van der Waals surface area (Å²) in [5.41, 5.74) is 8.51. The third-order valence-corrected chi connectivity index (χ3v) is 3.48. The van der Waals surface area contributed by atoms with Gasteiger partial charge in [-0.15, -0.1) is 0 Å². The maximum Gasteiger partial charge on any atom is 0.304 e. The number of nitrogens with two attached hydrogens (primary N) is 1. The molecule has 1 atom stereocenters. The maximum absolute atomic E-state index is 10.6. The zero-order chi connectivity index (χ0) is 13.9. The first kappa shape index (κ1) is 14.8. The number of halogens is 1. The van der Waals surface area contributed by atoms with Crippen LogP contribution in [0.25, 0.3) is 0 Å². The van der Waals surface area contributed by atoms with Gasteiger partial charge in [-0.1, -0.05) is 11.6 Å². The highest BCUT2D eigenvalue weighted by Crippen LogP contribution is 2.32. The molecule has 1 aromatic rings. The first-order valence-electron chi connectivity index (χ1n) is 5.66. The fourth-order valence-electron chi connectivity index (χ4n) is 1.95. The Morgan fingerprint density at radius 3 is 2.67 bits per heavy atom. The van der Waals surface area contributed by atoms with Crippen molar-refractivity contribution in [1.29, 1.82) is 0 Å². The van der Waals surface area contributed by atoms with Gasteiger partial charge >= 0.3 is 5.97 Å². The highest BCUT2D eigenvalue weighted by molar-refractivity contribution is 6.32. The average molecular weight is 272 g/mol. The second kappa shape index (κ2) is 6.07. The molecule has 100 valence electrons. The van der Waals surface area contributed by atoms with E-state index >= 15 is 0 Å². The minimum Gasteiger partial charge on any atom is -0.496 e. The Labute approximate surface area is 112 Å². The van der Waals surface area contributed by atoms with E-state index < -0.39 is 12.0 Å². The van der Waals surface area contributed by atoms with Crippen LogP contribution in [-0.2, 0) is 11.2 Å². The molecule has 0 aromatic heterocycles. The standard InChI is InChI=1S/C13H18ClNO3/c1-7-4-11(18-3)10(8(2)13(7)14)5-9(15)6-12(16)17/h4,9H,5-6,15H2,1-3H3,(H,16,17). The third-order valence-electron chi connectivity index (χ3n) is 2.90. The van der Waals surface area contributed by atoms with Crippen LogP contribution in [0.15, 0.2) is 6.07 Å². The number of ether oxygens (including phenoxy) is 1. The second-order valence-corrected chi connectivity index (χ2v) is 4.75. The summed E-state index contributed by atoms with van der Waals surface area (Å²) in [5.74, 6) is -0.201. The van der Waals surface area contributed by atoms with Gasteiger partial charge in [0.2, 0.25) is 0 Å². The molecule has 0 aliphatic rings. The van der Waals surface area contributed by atoms with Crippen molar-refractivity contribution in [3.63, 3.8) is 0 Å². The predicted molar refractivity (Wildman–Crippen MR) is 71.4 cm³/mol. The topological polar surface area (TPSA) is 72.5 Å². The lowest BCUT2D eigenvalue weighted by Gasteiger charge is -2.17. The largest absolute Gasteiger partial charge is 0.496 e. The van der Waals surface area contributed by atoms with Crippen LogP contribution in [0.5, 0.6) is 5.75 Å². The Bertz CT molecular complexity index is 460. The molecule has 4 nitrogen and oxygen atoms in total. The summed E-state index contributed by atoms with van der Waals surface area (Å²) in [7, 11) is 1.58. The van der Waals surface area contributed by atoms with E-state index in [1.54, 1.807) is 7.11 Å². The van der Waals surface area contributed by atoms with Crippen LogP contribution in [0.1, 0.15) is 23.1 Å². The number of rotatable bonds is 5. The van der Waals surface area contributed by atoms with Gasteiger partial charge in [0.25, 0.3) is 0 Å². The van der Waals surface area contributed by atoms with E-state index in [0.29, 0.717) is 17.2 Å². The number of aryl methyl sites for hydroxylation is 1. The number of benzene rings is 1. The summed E-state index contributed by atoms with van der Waals surface area (Å²) >= 11 is 6.19. The molecule has 3 N–H and O–H groups in total. The normalized spacial score (nSPS) is 12.3. The molecule has 0 spiro atoms. The molecule has 0 radical (unpaired) electrons. The summed E-state index contributed by atoms with van der Waals surface area (Å²) < 4.78 is 5.31. The number of aliphatic carboxylic acids is 1. The summed E-state index contributed by atoms with van der Waals surface area (Å²) in [4.78, 5) is 10.6. The van der Waals surface area contributed by atoms with E-state index in [1.807, 2.05) is 19.9 Å². The van der Waals surface area contributed by atoms with E-state index in [0.717, 1.165) is 16.7 Å². The molecule has 0 saturated heterocycles. The van der Waals surface area contributed by atoms with Crippen molar-refractivity contribution in [3.8, 4) is 5.75 Å². The Hall–Kier alpha value is -1.26. The van der Waals surface area contributed by atoms with Crippen LogP contribution in [0, 0.1) is 13.8 Å². The van der Waals surface area contributed by atoms with Crippen LogP contribution in [0.4, 0.5) is 0 Å². The van der Waals surface area contributed by atoms with Crippen molar-refractivity contribution in [2.24, 2.45) is 5.73 Å². The lowest BCUT2D eigenvalue weighted by Crippen LogP contribution is -2.26. The second-order valence-electron chi connectivity index (χ2n) is 4.38. The van der Waals surface area contributed by atoms with Crippen molar-refractivity contribution in [1.82, 2.24) is 0 Å². The number of methoxy groups -OCH3 is 1. The predicted octanol–water partition coefficient (Wildman–Crippen LogP) is 2.31. The summed E-state index contributed by atoms with van der Waals surface area (Å²) in [6.45, 7) is 3.79. The van der Waals surface area contributed by atoms with Crippen LogP contribution in [-0.4, -0.2) is 24.2 Å². The number of carboxylic acids is 1. The summed E-state index contributed by atoms with van der Waals surface area (Å²) in [6.07, 6.45) is 0.357. The molecular weight excluding hydrogens is 254 g/mol. The third kappa shape index (κ3) is 3.37. The van der Waals surface area contributed by atoms with E-state index in [1.165, 1.54) is 0 Å². The summed E-state index contributed by atoms with van der Waals surface area (Å²) in [5, 5.41) is 9.39. The van der Waals surface area contributed by atoms with Crippen molar-refractivity contribution in [3.05, 3.63) is 27.8 Å². The lowest BCUT2D eigenvalue weighted by atomic mass is 9.97. The first-order chi connectivity index (χ1) is 8.36. The molecule has 0 fully saturated rings. The highest BCUT2D eigenvalue weighted by atomic mass is 35.5. The van der Waals surface area contributed by atoms with Gasteiger partial charge < -0.3 is 15.6 Å². The Morgan fingerprint density at radius 1 is 1.56 bits per heavy atom. The Kier molecular flexibility index (Phi) is 4.99. The van der Waals surface area contributed by atoms with Crippen LogP contribution in [0.3, 0.4) is 0 Å². The van der Waals surface area contributed by atoms with E-state index in [9.17, 15) is 4.79 Å². The molecule has 5 heteroatoms. The highest BCUT2D eigenvalue weighted by Gasteiger charge is 2.17. The molecular formula is C13H18ClNO3. The van der Waals surface area contributed by atoms with E-state index in [-0.39, 0.29) is 6.42 Å². The Morgan fingerprint density at radius 2 is 2.17 bits per heavy atom. The zero-order valence-electron chi connectivity index (χ0n) is 10.8. The molecule has 1 rings (SSSR count). The zero-order valence-corrected chi connectivity index (χ0v) is 11.5. The Balaban J connectivity index is 3.07. The molecule has 0 aliphatic heterocycles. The molecule has 0 amide bonds. The SMILES string of the molecule is COc1cc(C)c(Cl)c(C)c1CC(N)CC(=O)O. The molecule has 0 aliphatic carbocycles. The smallest absolute Gasteiger partial charge is 0.304 e. The van der Waals surface area contributed by atoms with Gasteiger partial charge in [0, 0.05) is 16.6 Å². The van der Waals surface area contributed by atoms with Crippen molar-refractivity contribution in [2.75, 3.05) is 7.11 Å². The summed E-state index contributed by atoms with van der Waals surface area (Å²) in [6, 6.07) is 1.40. The monoisotopic (exact) mass is 271 g/mol. The first-order valence-corrected chi connectivity index (χ1v) is 6.04. The van der Waals surface area contributed by atoms with Gasteiger partial charge in [0.05, 0.1) is 13.5 Å². The molecule has 1 unspecified atom stereocenters. The van der Waals surface area contributed by atoms with E-state index in [2.05, 4.69) is 0 Å². The maximum atomic E-state index is 10.6. The van der Waals surface area contributed by atoms with Gasteiger partial charge in [-0.05, 0) is 37.5 Å². The molecule has 1 aromatic carbocycles. The molecule has 0 saturated carbocycles. The van der Waals surface area contributed by atoms with E-state index in [4.69, 9.17) is 27.2 Å². The molecule has 0 bridgehead atoms. The minimum atomic E-state index is -0.905. The van der Waals surface area contributed by atoms with Crippen molar-refractivity contribution in [2.45, 2.75) is 32.7 Å². The number of hydrogen-bond donors (Lipinski definition) is 2. The van der Waals surface area contributed by atoms with Gasteiger partial charge in [-0.2, -0.15) is 0 Å². The molecule has 18 heavy (non-hydrogen) atoms. The van der Waals surface area contributed by atoms with Gasteiger partial charge in [0.15, 0.2) is 0 Å². The van der Waals surface area contributed by atoms with Gasteiger partial charge in [-0.25, -0.2) is 0 Å². The minimum absolute atomic E-state index is 0.0753. The lowest BCUT2D eigenvalue weighted by molar-refractivity contribution is -0.137. The quantitative estimate of drug-likeness (QED) is 0.862. The van der Waals surface area contributed by atoms with Crippen molar-refractivity contribution >= 4 is 17.6 Å². The van der Waals surface area contributed by atoms with Crippen molar-refractivity contribution < 1.29 is 14.6 Å². The van der Waals surface area contributed by atoms with Gasteiger partial charge in [-0.3, -0.25) is 4.79 Å². The van der Waals surface area contributed by atoms with Crippen LogP contribution in [0.2, 0.25) is 5.02 Å². The fourth-order valence-corrected chi connectivity index (χ4v) is 2.12.